The summed E-state index contributed by atoms with van der Waals surface area (Å²) in [5.41, 5.74) is 0. The van der Waals surface area contributed by atoms with E-state index in [1.807, 2.05) is 0 Å². The Morgan fingerprint density at radius 2 is 1.43 bits per heavy atom. The predicted molar refractivity (Wildman–Crippen MR) is 45.1 cm³/mol. The van der Waals surface area contributed by atoms with Gasteiger partial charge in [-0.25, -0.2) is 4.39 Å². The summed E-state index contributed by atoms with van der Waals surface area (Å²) >= 11 is 0. The maximum Gasteiger partial charge on any atom is 0.309 e. The number of alkyl halides is 1. The van der Waals surface area contributed by atoms with Crippen molar-refractivity contribution in [2.24, 2.45) is 11.8 Å². The Morgan fingerprint density at radius 1 is 1.07 bits per heavy atom. The molecule has 0 aromatic rings. The molecule has 2 unspecified atom stereocenters. The van der Waals surface area contributed by atoms with Crippen molar-refractivity contribution in [2.45, 2.75) is 19.0 Å². The molecule has 0 aromatic carbocycles. The van der Waals surface area contributed by atoms with E-state index in [1.54, 1.807) is 0 Å². The van der Waals surface area contributed by atoms with Crippen LogP contribution in [0.1, 0.15) is 12.8 Å². The second-order valence-electron chi connectivity index (χ2n) is 3.33. The molecule has 0 N–H and O–H groups in total. The highest BCUT2D eigenvalue weighted by atomic mass is 19.1. The average Bonchev–Trinajstić information content (AvgIpc) is 2.58. The minimum atomic E-state index is -1.12. The smallest absolute Gasteiger partial charge is 0.309 e. The van der Waals surface area contributed by atoms with Gasteiger partial charge in [-0.2, -0.15) is 0 Å². The van der Waals surface area contributed by atoms with Crippen molar-refractivity contribution < 1.29 is 23.5 Å². The molecule has 0 bridgehead atoms. The van der Waals surface area contributed by atoms with Crippen molar-refractivity contribution in [2.75, 3.05) is 14.2 Å². The lowest BCUT2D eigenvalue weighted by molar-refractivity contribution is -0.156. The number of rotatable bonds is 2. The van der Waals surface area contributed by atoms with Crippen LogP contribution in [0.3, 0.4) is 0 Å². The van der Waals surface area contributed by atoms with Gasteiger partial charge in [-0.1, -0.05) is 0 Å². The van der Waals surface area contributed by atoms with Crippen LogP contribution in [0.2, 0.25) is 0 Å². The lowest BCUT2D eigenvalue weighted by atomic mass is 9.96. The summed E-state index contributed by atoms with van der Waals surface area (Å²) in [6.45, 7) is 0. The molecular weight excluding hydrogens is 191 g/mol. The zero-order chi connectivity index (χ0) is 10.7. The molecule has 1 saturated carbocycles. The highest BCUT2D eigenvalue weighted by molar-refractivity contribution is 5.82. The SMILES string of the molecule is COC(=O)C1CC(F)CC1C(=O)OC. The quantitative estimate of drug-likeness (QED) is 0.621. The highest BCUT2D eigenvalue weighted by Crippen LogP contribution is 2.35. The van der Waals surface area contributed by atoms with Crippen LogP contribution < -0.4 is 0 Å². The van der Waals surface area contributed by atoms with E-state index >= 15 is 0 Å². The van der Waals surface area contributed by atoms with Gasteiger partial charge in [0.1, 0.15) is 6.17 Å². The third-order valence-corrected chi connectivity index (χ3v) is 2.51. The van der Waals surface area contributed by atoms with Gasteiger partial charge in [0.15, 0.2) is 0 Å². The van der Waals surface area contributed by atoms with Crippen LogP contribution in [0.25, 0.3) is 0 Å². The molecule has 0 radical (unpaired) electrons. The second-order valence-corrected chi connectivity index (χ2v) is 3.33. The van der Waals surface area contributed by atoms with Gasteiger partial charge in [0.2, 0.25) is 0 Å². The zero-order valence-corrected chi connectivity index (χ0v) is 8.16. The summed E-state index contributed by atoms with van der Waals surface area (Å²) in [5.74, 6) is -2.47. The molecule has 0 amide bonds. The molecule has 0 saturated heterocycles. The van der Waals surface area contributed by atoms with Crippen molar-refractivity contribution in [3.05, 3.63) is 0 Å². The number of halogens is 1. The number of hydrogen-bond acceptors (Lipinski definition) is 4. The van der Waals surface area contributed by atoms with E-state index in [-0.39, 0.29) is 12.8 Å². The number of esters is 2. The molecule has 80 valence electrons. The molecule has 1 rings (SSSR count). The van der Waals surface area contributed by atoms with Crippen molar-refractivity contribution in [3.8, 4) is 0 Å². The van der Waals surface area contributed by atoms with E-state index in [0.717, 1.165) is 0 Å². The molecule has 4 nitrogen and oxygen atoms in total. The Morgan fingerprint density at radius 3 is 1.71 bits per heavy atom. The maximum atomic E-state index is 13.0. The van der Waals surface area contributed by atoms with E-state index in [1.165, 1.54) is 14.2 Å². The number of carbonyl (C=O) groups excluding carboxylic acids is 2. The molecular formula is C9H13FO4. The predicted octanol–water partition coefficient (Wildman–Crippen LogP) is 0.697. The number of carbonyl (C=O) groups is 2. The van der Waals surface area contributed by atoms with Crippen molar-refractivity contribution >= 4 is 11.9 Å². The summed E-state index contributed by atoms with van der Waals surface area (Å²) < 4.78 is 22.0. The Bertz CT molecular complexity index is 217. The van der Waals surface area contributed by atoms with Crippen LogP contribution in [-0.4, -0.2) is 32.3 Å². The van der Waals surface area contributed by atoms with Gasteiger partial charge < -0.3 is 9.47 Å². The Balaban J connectivity index is 2.72. The normalized spacial score (nSPS) is 31.2. The minimum Gasteiger partial charge on any atom is -0.469 e. The minimum absolute atomic E-state index is 0.0481. The van der Waals surface area contributed by atoms with Gasteiger partial charge in [0.25, 0.3) is 0 Å². The first-order chi connectivity index (χ1) is 6.60. The summed E-state index contributed by atoms with van der Waals surface area (Å²) in [4.78, 5) is 22.4. The van der Waals surface area contributed by atoms with Gasteiger partial charge in [-0.05, 0) is 12.8 Å². The molecule has 5 heteroatoms. The van der Waals surface area contributed by atoms with Crippen LogP contribution in [0.15, 0.2) is 0 Å². The first-order valence-corrected chi connectivity index (χ1v) is 4.39. The molecule has 1 aliphatic carbocycles. The van der Waals surface area contributed by atoms with E-state index in [4.69, 9.17) is 0 Å². The summed E-state index contributed by atoms with van der Waals surface area (Å²) in [5, 5.41) is 0. The molecule has 0 aliphatic heterocycles. The van der Waals surface area contributed by atoms with Crippen LogP contribution in [0.5, 0.6) is 0 Å². The Hall–Kier alpha value is -1.13. The van der Waals surface area contributed by atoms with Gasteiger partial charge in [-0.3, -0.25) is 9.59 Å². The van der Waals surface area contributed by atoms with Crippen LogP contribution in [-0.2, 0) is 19.1 Å². The fraction of sp³-hybridized carbons (Fsp3) is 0.778. The summed E-state index contributed by atoms with van der Waals surface area (Å²) in [6, 6.07) is 0. The second kappa shape index (κ2) is 4.39. The van der Waals surface area contributed by atoms with Crippen LogP contribution in [0, 0.1) is 11.8 Å². The van der Waals surface area contributed by atoms with Crippen LogP contribution >= 0.6 is 0 Å². The standard InChI is InChI=1S/C9H13FO4/c1-13-8(11)6-3-5(10)4-7(6)9(12)14-2/h5-7H,3-4H2,1-2H3. The number of hydrogen-bond donors (Lipinski definition) is 0. The third-order valence-electron chi connectivity index (χ3n) is 2.51. The molecule has 0 heterocycles. The molecule has 1 fully saturated rings. The fourth-order valence-corrected chi connectivity index (χ4v) is 1.80. The number of methoxy groups -OCH3 is 2. The molecule has 0 spiro atoms. The van der Waals surface area contributed by atoms with E-state index < -0.39 is 29.9 Å². The fourth-order valence-electron chi connectivity index (χ4n) is 1.80. The maximum absolute atomic E-state index is 13.0. The lowest BCUT2D eigenvalue weighted by Crippen LogP contribution is -2.27. The van der Waals surface area contributed by atoms with E-state index in [0.29, 0.717) is 0 Å². The first kappa shape index (κ1) is 10.9. The van der Waals surface area contributed by atoms with Gasteiger partial charge >= 0.3 is 11.9 Å². The Labute approximate surface area is 81.4 Å². The van der Waals surface area contributed by atoms with Gasteiger partial charge in [0, 0.05) is 0 Å². The number of ether oxygens (including phenoxy) is 2. The zero-order valence-electron chi connectivity index (χ0n) is 8.16. The third kappa shape index (κ3) is 2.02. The molecule has 2 atom stereocenters. The largest absolute Gasteiger partial charge is 0.469 e. The van der Waals surface area contributed by atoms with Crippen molar-refractivity contribution in [1.29, 1.82) is 0 Å². The molecule has 1 aliphatic rings. The first-order valence-electron chi connectivity index (χ1n) is 4.39. The van der Waals surface area contributed by atoms with Crippen molar-refractivity contribution in [1.82, 2.24) is 0 Å². The Kier molecular flexibility index (Phi) is 3.43. The summed E-state index contributed by atoms with van der Waals surface area (Å²) in [6.07, 6.45) is -1.03. The monoisotopic (exact) mass is 204 g/mol. The van der Waals surface area contributed by atoms with E-state index in [9.17, 15) is 14.0 Å². The van der Waals surface area contributed by atoms with Gasteiger partial charge in [0.05, 0.1) is 26.1 Å². The lowest BCUT2D eigenvalue weighted by Gasteiger charge is -2.13. The molecule has 14 heavy (non-hydrogen) atoms. The van der Waals surface area contributed by atoms with Gasteiger partial charge in [-0.15, -0.1) is 0 Å². The average molecular weight is 204 g/mol. The highest BCUT2D eigenvalue weighted by Gasteiger charge is 2.44. The molecule has 0 aromatic heterocycles. The van der Waals surface area contributed by atoms with Crippen LogP contribution in [0.4, 0.5) is 4.39 Å². The van der Waals surface area contributed by atoms with Crippen molar-refractivity contribution in [3.63, 3.8) is 0 Å². The topological polar surface area (TPSA) is 52.6 Å². The summed E-state index contributed by atoms with van der Waals surface area (Å²) in [7, 11) is 2.45. The van der Waals surface area contributed by atoms with E-state index in [2.05, 4.69) is 9.47 Å².